The van der Waals surface area contributed by atoms with Gasteiger partial charge in [-0.15, -0.1) is 0 Å². The highest BCUT2D eigenvalue weighted by Crippen LogP contribution is 2.24. The van der Waals surface area contributed by atoms with Gasteiger partial charge in [0, 0.05) is 30.5 Å². The summed E-state index contributed by atoms with van der Waals surface area (Å²) in [5.41, 5.74) is 0.770. The lowest BCUT2D eigenvalue weighted by molar-refractivity contribution is -0.192. The van der Waals surface area contributed by atoms with E-state index in [4.69, 9.17) is 19.4 Å². The van der Waals surface area contributed by atoms with Gasteiger partial charge in [0.1, 0.15) is 6.79 Å². The number of methoxy groups -OCH3 is 1. The number of hydrogen-bond acceptors (Lipinski definition) is 6. The van der Waals surface area contributed by atoms with Gasteiger partial charge in [0.2, 0.25) is 5.12 Å². The summed E-state index contributed by atoms with van der Waals surface area (Å²) in [5.74, 6) is -2.76. The van der Waals surface area contributed by atoms with Gasteiger partial charge in [0.15, 0.2) is 0 Å². The number of thioether (sulfide) groups is 1. The first-order chi connectivity index (χ1) is 12.2. The molecule has 1 aliphatic heterocycles. The zero-order chi connectivity index (χ0) is 19.6. The molecule has 1 aromatic carbocycles. The van der Waals surface area contributed by atoms with Crippen molar-refractivity contribution in [3.05, 3.63) is 35.9 Å². The minimum atomic E-state index is -5.08. The van der Waals surface area contributed by atoms with Crippen molar-refractivity contribution in [2.45, 2.75) is 23.9 Å². The summed E-state index contributed by atoms with van der Waals surface area (Å²) in [6, 6.07) is 9.73. The maximum Gasteiger partial charge on any atom is 0.490 e. The second-order valence-electron chi connectivity index (χ2n) is 5.31. The summed E-state index contributed by atoms with van der Waals surface area (Å²) in [5, 5.41) is 11.0. The SMILES string of the molecule is COCOC[C@@H]1C[C@H](SC(=O)c2ccccc2)CN1.O=C(O)C(F)(F)F. The number of benzene rings is 1. The smallest absolute Gasteiger partial charge is 0.475 e. The van der Waals surface area contributed by atoms with E-state index in [9.17, 15) is 18.0 Å². The minimum absolute atomic E-state index is 0.144. The van der Waals surface area contributed by atoms with Crippen LogP contribution in [-0.4, -0.2) is 60.7 Å². The maximum absolute atomic E-state index is 12.1. The average molecular weight is 395 g/mol. The Labute approximate surface area is 153 Å². The first-order valence-corrected chi connectivity index (χ1v) is 8.48. The number of carbonyl (C=O) groups excluding carboxylic acids is 1. The monoisotopic (exact) mass is 395 g/mol. The average Bonchev–Trinajstić information content (AvgIpc) is 3.03. The van der Waals surface area contributed by atoms with Crippen molar-refractivity contribution < 1.29 is 37.3 Å². The lowest BCUT2D eigenvalue weighted by atomic mass is 10.2. The number of rotatable bonds is 6. The zero-order valence-electron chi connectivity index (χ0n) is 14.0. The molecule has 0 radical (unpaired) electrons. The van der Waals surface area contributed by atoms with Crippen molar-refractivity contribution in [1.29, 1.82) is 0 Å². The van der Waals surface area contributed by atoms with E-state index in [0.717, 1.165) is 18.5 Å². The third-order valence-corrected chi connectivity index (χ3v) is 4.37. The fourth-order valence-corrected chi connectivity index (χ4v) is 3.15. The van der Waals surface area contributed by atoms with E-state index in [1.165, 1.54) is 11.8 Å². The molecule has 0 unspecified atom stereocenters. The highest BCUT2D eigenvalue weighted by Gasteiger charge is 2.38. The van der Waals surface area contributed by atoms with Crippen molar-refractivity contribution in [2.75, 3.05) is 27.1 Å². The molecule has 6 nitrogen and oxygen atoms in total. The molecule has 0 aromatic heterocycles. The van der Waals surface area contributed by atoms with E-state index in [0.29, 0.717) is 24.7 Å². The van der Waals surface area contributed by atoms with Crippen LogP contribution in [0.3, 0.4) is 0 Å². The molecular weight excluding hydrogens is 375 g/mol. The van der Waals surface area contributed by atoms with Crippen LogP contribution in [0.1, 0.15) is 16.8 Å². The Morgan fingerprint density at radius 3 is 2.46 bits per heavy atom. The largest absolute Gasteiger partial charge is 0.490 e. The second-order valence-corrected chi connectivity index (χ2v) is 6.59. The summed E-state index contributed by atoms with van der Waals surface area (Å²) in [7, 11) is 1.61. The van der Waals surface area contributed by atoms with Crippen LogP contribution in [0.5, 0.6) is 0 Å². The molecule has 26 heavy (non-hydrogen) atoms. The molecule has 1 saturated heterocycles. The summed E-state index contributed by atoms with van der Waals surface area (Å²) in [6.45, 7) is 1.80. The van der Waals surface area contributed by atoms with Crippen LogP contribution in [0.4, 0.5) is 13.2 Å². The molecule has 1 heterocycles. The fourth-order valence-electron chi connectivity index (χ4n) is 2.07. The highest BCUT2D eigenvalue weighted by atomic mass is 32.2. The number of halogens is 3. The van der Waals surface area contributed by atoms with E-state index in [-0.39, 0.29) is 5.12 Å². The van der Waals surface area contributed by atoms with Gasteiger partial charge in [-0.3, -0.25) is 4.79 Å². The van der Waals surface area contributed by atoms with Crippen molar-refractivity contribution in [3.63, 3.8) is 0 Å². The Morgan fingerprint density at radius 1 is 1.31 bits per heavy atom. The molecule has 0 bridgehead atoms. The molecule has 0 amide bonds. The lowest BCUT2D eigenvalue weighted by Crippen LogP contribution is -2.27. The van der Waals surface area contributed by atoms with Crippen LogP contribution in [-0.2, 0) is 14.3 Å². The van der Waals surface area contributed by atoms with E-state index >= 15 is 0 Å². The quantitative estimate of drug-likeness (QED) is 0.566. The molecule has 10 heteroatoms. The molecule has 1 fully saturated rings. The Kier molecular flexibility index (Phi) is 9.63. The van der Waals surface area contributed by atoms with Gasteiger partial charge in [-0.1, -0.05) is 42.1 Å². The van der Waals surface area contributed by atoms with Gasteiger partial charge in [0.05, 0.1) is 6.61 Å². The predicted octanol–water partition coefficient (Wildman–Crippen LogP) is 2.54. The lowest BCUT2D eigenvalue weighted by Gasteiger charge is -2.10. The van der Waals surface area contributed by atoms with Gasteiger partial charge in [-0.25, -0.2) is 4.79 Å². The molecule has 0 saturated carbocycles. The minimum Gasteiger partial charge on any atom is -0.475 e. The van der Waals surface area contributed by atoms with Crippen LogP contribution in [0.15, 0.2) is 30.3 Å². The van der Waals surface area contributed by atoms with Crippen molar-refractivity contribution in [1.82, 2.24) is 5.32 Å². The first-order valence-electron chi connectivity index (χ1n) is 7.60. The van der Waals surface area contributed by atoms with Gasteiger partial charge in [0.25, 0.3) is 0 Å². The van der Waals surface area contributed by atoms with Crippen LogP contribution in [0.2, 0.25) is 0 Å². The maximum atomic E-state index is 12.1. The van der Waals surface area contributed by atoms with Gasteiger partial charge >= 0.3 is 12.1 Å². The van der Waals surface area contributed by atoms with Gasteiger partial charge in [-0.05, 0) is 6.42 Å². The second kappa shape index (κ2) is 11.2. The summed E-state index contributed by atoms with van der Waals surface area (Å²) in [4.78, 5) is 20.9. The molecule has 2 N–H and O–H groups in total. The van der Waals surface area contributed by atoms with Gasteiger partial charge < -0.3 is 19.9 Å². The number of nitrogens with one attached hydrogen (secondary N) is 1. The number of alkyl halides is 3. The Balaban J connectivity index is 0.000000412. The third kappa shape index (κ3) is 8.65. The van der Waals surface area contributed by atoms with Crippen molar-refractivity contribution in [2.24, 2.45) is 0 Å². The molecule has 1 aliphatic rings. The predicted molar refractivity (Wildman–Crippen MR) is 90.1 cm³/mol. The van der Waals surface area contributed by atoms with Gasteiger partial charge in [-0.2, -0.15) is 13.2 Å². The summed E-state index contributed by atoms with van der Waals surface area (Å²) >= 11 is 1.42. The normalized spacial score (nSPS) is 19.5. The molecule has 146 valence electrons. The highest BCUT2D eigenvalue weighted by molar-refractivity contribution is 8.14. The topological polar surface area (TPSA) is 84.9 Å². The molecule has 1 aromatic rings. The molecule has 0 spiro atoms. The van der Waals surface area contributed by atoms with E-state index in [1.807, 2.05) is 30.3 Å². The third-order valence-electron chi connectivity index (χ3n) is 3.23. The number of aliphatic carboxylic acids is 1. The standard InChI is InChI=1S/C14H19NO3S.C2HF3O2/c1-17-10-18-9-12-7-13(8-15-12)19-14(16)11-5-3-2-4-6-11;3-2(4,5)1(6)7/h2-6,12-13,15H,7-10H2,1H3;(H,6,7)/t12-,13-;/m0./s1. The molecule has 2 rings (SSSR count). The molecule has 2 atom stereocenters. The van der Waals surface area contributed by atoms with Crippen LogP contribution in [0.25, 0.3) is 0 Å². The Bertz CT molecular complexity index is 571. The summed E-state index contributed by atoms with van der Waals surface area (Å²) in [6.07, 6.45) is -4.13. The van der Waals surface area contributed by atoms with E-state index in [2.05, 4.69) is 5.32 Å². The zero-order valence-corrected chi connectivity index (χ0v) is 14.8. The van der Waals surface area contributed by atoms with Crippen molar-refractivity contribution in [3.8, 4) is 0 Å². The molecular formula is C16H20F3NO5S. The number of carbonyl (C=O) groups is 2. The van der Waals surface area contributed by atoms with Crippen LogP contribution in [0, 0.1) is 0 Å². The molecule has 0 aliphatic carbocycles. The van der Waals surface area contributed by atoms with E-state index in [1.54, 1.807) is 7.11 Å². The van der Waals surface area contributed by atoms with Crippen LogP contribution < -0.4 is 5.32 Å². The summed E-state index contributed by atoms with van der Waals surface area (Å²) < 4.78 is 41.9. The number of carboxylic acid groups (broad SMARTS) is 1. The fraction of sp³-hybridized carbons (Fsp3) is 0.500. The number of ether oxygens (including phenoxy) is 2. The van der Waals surface area contributed by atoms with Crippen LogP contribution >= 0.6 is 11.8 Å². The van der Waals surface area contributed by atoms with E-state index < -0.39 is 12.1 Å². The Morgan fingerprint density at radius 2 is 1.92 bits per heavy atom. The van der Waals surface area contributed by atoms with Crippen molar-refractivity contribution >= 4 is 22.8 Å². The number of carboxylic acids is 1. The Hall–Kier alpha value is -1.62. The first kappa shape index (κ1) is 22.4. The number of hydrogen-bond donors (Lipinski definition) is 2.